The van der Waals surface area contributed by atoms with Gasteiger partial charge in [0.1, 0.15) is 0 Å². The fraction of sp³-hybridized carbons (Fsp3) is 0.157. The number of phenolic OH excluding ortho intramolecular Hbond substituents is 1. The Morgan fingerprint density at radius 1 is 0.469 bits per heavy atom. The Hall–Kier alpha value is -4.98. The van der Waals surface area contributed by atoms with Crippen molar-refractivity contribution in [3.63, 3.8) is 0 Å². The molecule has 336 valence electrons. The van der Waals surface area contributed by atoms with Crippen molar-refractivity contribution in [1.29, 1.82) is 0 Å². The van der Waals surface area contributed by atoms with Crippen molar-refractivity contribution in [3.8, 4) is 5.75 Å². The van der Waals surface area contributed by atoms with Crippen molar-refractivity contribution < 1.29 is 111 Å². The van der Waals surface area contributed by atoms with Crippen LogP contribution in [0.2, 0.25) is 0 Å². The van der Waals surface area contributed by atoms with Gasteiger partial charge in [0.15, 0.2) is 0 Å². The predicted octanol–water partition coefficient (Wildman–Crippen LogP) is -0.255. The normalized spacial score (nSPS) is 10.6. The molecule has 0 aliphatic carbocycles. The van der Waals surface area contributed by atoms with E-state index < -0.39 is 21.2 Å². The molecule has 64 heavy (non-hydrogen) atoms. The number of halogens is 5. The average molecular weight is 1210 g/mol. The van der Waals surface area contributed by atoms with E-state index in [4.69, 9.17) is 9.47 Å². The van der Waals surface area contributed by atoms with Gasteiger partial charge < -0.3 is 0 Å². The molecule has 7 aromatic carbocycles. The number of carbonyl (C=O) groups is 3. The van der Waals surface area contributed by atoms with Crippen LogP contribution in [-0.4, -0.2) is 57.6 Å². The van der Waals surface area contributed by atoms with Crippen molar-refractivity contribution in [2.45, 2.75) is 19.3 Å². The summed E-state index contributed by atoms with van der Waals surface area (Å²) in [5.74, 6) is -0.779. The molecular weight excluding hydrogens is 1160 g/mol. The van der Waals surface area contributed by atoms with Crippen LogP contribution in [0.5, 0.6) is 5.75 Å². The number of esters is 3. The summed E-state index contributed by atoms with van der Waals surface area (Å²) >= 11 is -1.03. The van der Waals surface area contributed by atoms with Gasteiger partial charge in [-0.25, -0.2) is 0 Å². The summed E-state index contributed by atoms with van der Waals surface area (Å²) in [5.41, 5.74) is 2.82. The zero-order valence-corrected chi connectivity index (χ0v) is 41.7. The molecule has 0 aliphatic heterocycles. The van der Waals surface area contributed by atoms with E-state index in [9.17, 15) is 28.3 Å². The molecule has 0 saturated carbocycles. The first-order valence-electron chi connectivity index (χ1n) is 19.7. The van der Waals surface area contributed by atoms with Gasteiger partial charge in [0.2, 0.25) is 0 Å². The minimum atomic E-state index is -0.422. The third-order valence-corrected chi connectivity index (χ3v) is 17.0. The molecule has 0 aromatic heterocycles. The molecule has 0 spiro atoms. The van der Waals surface area contributed by atoms with E-state index in [2.05, 4.69) is 33.7 Å². The van der Waals surface area contributed by atoms with Crippen molar-refractivity contribution in [2.75, 3.05) is 34.5 Å². The maximum atomic E-state index is 13.2. The molecular formula is C51H46F2I3O8-3. The SMILES string of the molecule is COC(=O)Cc1ccc([I-]c2ccc(F)cc2)cc1.COC(=O)Cc1ccc([I-]c2ccc3cc(F)ccc3c2)cc1.COCCOC(=O)Cc1ccc([I-]c2ccccc2O)cc1. The van der Waals surface area contributed by atoms with Crippen molar-refractivity contribution in [2.24, 2.45) is 0 Å². The predicted molar refractivity (Wildman–Crippen MR) is 228 cm³/mol. The molecule has 7 rings (SSSR count). The maximum absolute atomic E-state index is 13.2. The van der Waals surface area contributed by atoms with Crippen LogP contribution in [0.1, 0.15) is 16.7 Å². The second-order valence-electron chi connectivity index (χ2n) is 13.6. The second-order valence-corrected chi connectivity index (χ2v) is 22.6. The van der Waals surface area contributed by atoms with Gasteiger partial charge in [-0.1, -0.05) is 0 Å². The molecule has 0 radical (unpaired) electrons. The Morgan fingerprint density at radius 3 is 1.41 bits per heavy atom. The molecule has 0 atom stereocenters. The quantitative estimate of drug-likeness (QED) is 0.0650. The molecule has 0 saturated heterocycles. The summed E-state index contributed by atoms with van der Waals surface area (Å²) in [4.78, 5) is 34.0. The van der Waals surface area contributed by atoms with Crippen molar-refractivity contribution in [1.82, 2.24) is 0 Å². The number of ether oxygens (including phenoxy) is 4. The van der Waals surface area contributed by atoms with Gasteiger partial charge in [-0.05, 0) is 0 Å². The number of hydrogen-bond acceptors (Lipinski definition) is 8. The number of fused-ring (bicyclic) bond motifs is 1. The Morgan fingerprint density at radius 2 is 0.891 bits per heavy atom. The molecule has 13 heteroatoms. The third kappa shape index (κ3) is 17.5. The summed E-state index contributed by atoms with van der Waals surface area (Å²) in [5, 5.41) is 11.8. The van der Waals surface area contributed by atoms with Gasteiger partial charge in [0.05, 0.1) is 0 Å². The summed E-state index contributed by atoms with van der Waals surface area (Å²) in [6.45, 7) is 0.696. The topological polar surface area (TPSA) is 108 Å². The standard InChI is InChI=1S/C19H15FIO2.C17H18IO4.C15H13FIO2/c1-23-19(22)10-13-2-7-17(8-3-13)21-18-9-5-14-11-16(20)6-4-15(14)12-18;1-21-10-11-22-17(20)12-13-6-8-14(9-7-13)18-15-4-2-3-5-16(15)19;1-19-15(18)10-11-2-6-13(7-3-11)17-14-8-4-12(16)5-9-14/h2-9,11-12H,10H2,1H3;2-9,19H,10-12H2,1H3;2-9H,10H2,1H3/q3*-1. The Bertz CT molecular complexity index is 2570. The second kappa shape index (κ2) is 26.7. The van der Waals surface area contributed by atoms with E-state index in [0.29, 0.717) is 25.2 Å². The van der Waals surface area contributed by atoms with E-state index in [-0.39, 0.29) is 85.0 Å². The number of methoxy groups -OCH3 is 3. The number of hydrogen-bond donors (Lipinski definition) is 1. The molecule has 0 unspecified atom stereocenters. The summed E-state index contributed by atoms with van der Waals surface area (Å²) < 4.78 is 52.3. The number of benzene rings is 7. The van der Waals surface area contributed by atoms with E-state index in [1.165, 1.54) is 50.3 Å². The zero-order chi connectivity index (χ0) is 45.7. The zero-order valence-electron chi connectivity index (χ0n) is 35.2. The Labute approximate surface area is 403 Å². The van der Waals surface area contributed by atoms with E-state index >= 15 is 0 Å². The first-order valence-corrected chi connectivity index (χ1v) is 26.2. The molecule has 7 aromatic rings. The number of carbonyl (C=O) groups excluding carboxylic acids is 3. The van der Waals surface area contributed by atoms with Crippen LogP contribution in [-0.2, 0) is 52.6 Å². The molecule has 8 nitrogen and oxygen atoms in total. The average Bonchev–Trinajstić information content (AvgIpc) is 3.30. The summed E-state index contributed by atoms with van der Waals surface area (Å²) in [7, 11) is 4.35. The number of rotatable bonds is 15. The monoisotopic (exact) mass is 1210 g/mol. The molecule has 0 bridgehead atoms. The molecule has 0 fully saturated rings. The van der Waals surface area contributed by atoms with Gasteiger partial charge >= 0.3 is 407 Å². The summed E-state index contributed by atoms with van der Waals surface area (Å²) in [6, 6.07) is 49.0. The van der Waals surface area contributed by atoms with Gasteiger partial charge in [0.25, 0.3) is 0 Å². The van der Waals surface area contributed by atoms with Crippen LogP contribution >= 0.6 is 0 Å². The molecule has 1 N–H and O–H groups in total. The van der Waals surface area contributed by atoms with Crippen molar-refractivity contribution in [3.05, 3.63) is 207 Å². The van der Waals surface area contributed by atoms with Gasteiger partial charge in [-0.15, -0.1) is 0 Å². The number of phenols is 1. The molecule has 0 aliphatic rings. The minimum absolute atomic E-state index is 0.207. The third-order valence-electron chi connectivity index (χ3n) is 8.86. The van der Waals surface area contributed by atoms with E-state index in [0.717, 1.165) is 31.0 Å². The van der Waals surface area contributed by atoms with Crippen LogP contribution in [0.15, 0.2) is 158 Å². The fourth-order valence-electron chi connectivity index (χ4n) is 5.57. The first-order chi connectivity index (χ1) is 31.0. The van der Waals surface area contributed by atoms with Gasteiger partial charge in [-0.2, -0.15) is 0 Å². The summed E-state index contributed by atoms with van der Waals surface area (Å²) in [6.07, 6.45) is 0.862. The fourth-order valence-corrected chi connectivity index (χ4v) is 12.3. The van der Waals surface area contributed by atoms with Gasteiger partial charge in [-0.3, -0.25) is 0 Å². The van der Waals surface area contributed by atoms with E-state index in [1.807, 2.05) is 103 Å². The Balaban J connectivity index is 0.000000182. The van der Waals surface area contributed by atoms with Crippen LogP contribution < -0.4 is 63.6 Å². The van der Waals surface area contributed by atoms with Crippen LogP contribution in [0.4, 0.5) is 8.78 Å². The van der Waals surface area contributed by atoms with Gasteiger partial charge in [0, 0.05) is 0 Å². The molecule has 0 amide bonds. The first kappa shape index (κ1) is 50.0. The van der Waals surface area contributed by atoms with Crippen molar-refractivity contribution >= 4 is 28.7 Å². The molecule has 0 heterocycles. The van der Waals surface area contributed by atoms with Crippen LogP contribution in [0.25, 0.3) is 10.8 Å². The Kier molecular flexibility index (Phi) is 20.9. The number of para-hydroxylation sites is 1. The number of aromatic hydroxyl groups is 1. The van der Waals surface area contributed by atoms with Crippen LogP contribution in [0, 0.1) is 33.1 Å². The van der Waals surface area contributed by atoms with E-state index in [1.54, 1.807) is 19.2 Å². The van der Waals surface area contributed by atoms with Crippen LogP contribution in [0.3, 0.4) is 0 Å².